The predicted octanol–water partition coefficient (Wildman–Crippen LogP) is 2.90. The zero-order chi connectivity index (χ0) is 11.6. The van der Waals surface area contributed by atoms with Crippen LogP contribution in [0.3, 0.4) is 0 Å². The molecule has 0 spiro atoms. The number of hydrogen-bond donors (Lipinski definition) is 1. The van der Waals surface area contributed by atoms with Crippen LogP contribution in [0.1, 0.15) is 37.5 Å². The first-order valence-electron chi connectivity index (χ1n) is 5.40. The van der Waals surface area contributed by atoms with E-state index in [1.165, 1.54) is 11.1 Å². The molecule has 1 aromatic carbocycles. The third kappa shape index (κ3) is 2.51. The van der Waals surface area contributed by atoms with Gasteiger partial charge in [0.25, 0.3) is 0 Å². The SMILES string of the molecule is CCOc1c(C(C)(C)N)ccc(C)c1C. The van der Waals surface area contributed by atoms with Crippen molar-refractivity contribution in [3.8, 4) is 5.75 Å². The van der Waals surface area contributed by atoms with Gasteiger partial charge in [-0.1, -0.05) is 12.1 Å². The van der Waals surface area contributed by atoms with E-state index in [9.17, 15) is 0 Å². The summed E-state index contributed by atoms with van der Waals surface area (Å²) in [6, 6.07) is 4.16. The van der Waals surface area contributed by atoms with Gasteiger partial charge in [0.05, 0.1) is 6.61 Å². The Balaban J connectivity index is 3.33. The first-order chi connectivity index (χ1) is 6.88. The molecule has 0 unspecified atom stereocenters. The molecule has 0 saturated heterocycles. The van der Waals surface area contributed by atoms with E-state index in [2.05, 4.69) is 26.0 Å². The van der Waals surface area contributed by atoms with Crippen molar-refractivity contribution in [2.24, 2.45) is 5.73 Å². The molecule has 2 N–H and O–H groups in total. The number of aryl methyl sites for hydroxylation is 1. The van der Waals surface area contributed by atoms with E-state index in [1.54, 1.807) is 0 Å². The number of ether oxygens (including phenoxy) is 1. The smallest absolute Gasteiger partial charge is 0.127 e. The van der Waals surface area contributed by atoms with Gasteiger partial charge in [-0.15, -0.1) is 0 Å². The monoisotopic (exact) mass is 207 g/mol. The van der Waals surface area contributed by atoms with Crippen LogP contribution in [0.5, 0.6) is 5.75 Å². The molecular formula is C13H21NO. The zero-order valence-electron chi connectivity index (χ0n) is 10.3. The minimum atomic E-state index is -0.358. The lowest BCUT2D eigenvalue weighted by Gasteiger charge is -2.24. The zero-order valence-corrected chi connectivity index (χ0v) is 10.3. The van der Waals surface area contributed by atoms with Gasteiger partial charge in [0.2, 0.25) is 0 Å². The largest absolute Gasteiger partial charge is 0.493 e. The Labute approximate surface area is 92.4 Å². The second-order valence-corrected chi connectivity index (χ2v) is 4.54. The van der Waals surface area contributed by atoms with Gasteiger partial charge < -0.3 is 10.5 Å². The van der Waals surface area contributed by atoms with E-state index in [4.69, 9.17) is 10.5 Å². The van der Waals surface area contributed by atoms with Crippen molar-refractivity contribution in [3.63, 3.8) is 0 Å². The minimum Gasteiger partial charge on any atom is -0.493 e. The molecule has 84 valence electrons. The topological polar surface area (TPSA) is 35.2 Å². The maximum absolute atomic E-state index is 6.13. The summed E-state index contributed by atoms with van der Waals surface area (Å²) >= 11 is 0. The summed E-state index contributed by atoms with van der Waals surface area (Å²) in [4.78, 5) is 0. The van der Waals surface area contributed by atoms with Gasteiger partial charge in [0, 0.05) is 11.1 Å². The summed E-state index contributed by atoms with van der Waals surface area (Å²) in [6.45, 7) is 10.8. The van der Waals surface area contributed by atoms with Gasteiger partial charge in [-0.2, -0.15) is 0 Å². The maximum Gasteiger partial charge on any atom is 0.127 e. The Hall–Kier alpha value is -1.02. The van der Waals surface area contributed by atoms with Gasteiger partial charge in [0.15, 0.2) is 0 Å². The Kier molecular flexibility index (Phi) is 3.40. The van der Waals surface area contributed by atoms with Crippen molar-refractivity contribution >= 4 is 0 Å². The maximum atomic E-state index is 6.13. The van der Waals surface area contributed by atoms with Gasteiger partial charge in [-0.05, 0) is 45.7 Å². The van der Waals surface area contributed by atoms with Crippen molar-refractivity contribution in [2.75, 3.05) is 6.61 Å². The minimum absolute atomic E-state index is 0.358. The fraction of sp³-hybridized carbons (Fsp3) is 0.538. The summed E-state index contributed by atoms with van der Waals surface area (Å²) in [7, 11) is 0. The molecule has 0 radical (unpaired) electrons. The molecule has 15 heavy (non-hydrogen) atoms. The van der Waals surface area contributed by atoms with E-state index >= 15 is 0 Å². The van der Waals surface area contributed by atoms with E-state index in [-0.39, 0.29) is 5.54 Å². The predicted molar refractivity (Wildman–Crippen MR) is 64.3 cm³/mol. The highest BCUT2D eigenvalue weighted by atomic mass is 16.5. The van der Waals surface area contributed by atoms with Crippen molar-refractivity contribution in [1.82, 2.24) is 0 Å². The highest BCUT2D eigenvalue weighted by Gasteiger charge is 2.21. The van der Waals surface area contributed by atoms with E-state index in [0.29, 0.717) is 6.61 Å². The first kappa shape index (κ1) is 12.1. The van der Waals surface area contributed by atoms with Crippen molar-refractivity contribution in [2.45, 2.75) is 40.2 Å². The molecule has 0 saturated carbocycles. The van der Waals surface area contributed by atoms with Gasteiger partial charge in [-0.3, -0.25) is 0 Å². The summed E-state index contributed by atoms with van der Waals surface area (Å²) in [5.74, 6) is 0.949. The Morgan fingerprint density at radius 3 is 2.33 bits per heavy atom. The number of hydrogen-bond acceptors (Lipinski definition) is 2. The van der Waals surface area contributed by atoms with Crippen LogP contribution in [0.4, 0.5) is 0 Å². The van der Waals surface area contributed by atoms with Crippen LogP contribution in [-0.2, 0) is 5.54 Å². The molecule has 0 heterocycles. The summed E-state index contributed by atoms with van der Waals surface area (Å²) in [5, 5.41) is 0. The average molecular weight is 207 g/mol. The lowest BCUT2D eigenvalue weighted by molar-refractivity contribution is 0.326. The second kappa shape index (κ2) is 4.23. The molecule has 1 rings (SSSR count). The third-order valence-electron chi connectivity index (χ3n) is 2.66. The quantitative estimate of drug-likeness (QED) is 0.827. The molecule has 0 aliphatic heterocycles. The van der Waals surface area contributed by atoms with Crippen LogP contribution in [0.2, 0.25) is 0 Å². The van der Waals surface area contributed by atoms with Gasteiger partial charge in [-0.25, -0.2) is 0 Å². The van der Waals surface area contributed by atoms with Crippen LogP contribution in [0.25, 0.3) is 0 Å². The molecule has 2 nitrogen and oxygen atoms in total. The van der Waals surface area contributed by atoms with Gasteiger partial charge in [0.1, 0.15) is 5.75 Å². The standard InChI is InChI=1S/C13H21NO/c1-6-15-12-10(3)9(2)7-8-11(12)13(4,5)14/h7-8H,6,14H2,1-5H3. The summed E-state index contributed by atoms with van der Waals surface area (Å²) in [5.41, 5.74) is 9.27. The third-order valence-corrected chi connectivity index (χ3v) is 2.66. The Morgan fingerprint density at radius 2 is 1.87 bits per heavy atom. The van der Waals surface area contributed by atoms with Crippen LogP contribution in [-0.4, -0.2) is 6.61 Å². The molecule has 0 aliphatic carbocycles. The number of nitrogens with two attached hydrogens (primary N) is 1. The van der Waals surface area contributed by atoms with Crippen molar-refractivity contribution in [3.05, 3.63) is 28.8 Å². The average Bonchev–Trinajstić information content (AvgIpc) is 2.11. The summed E-state index contributed by atoms with van der Waals surface area (Å²) < 4.78 is 5.70. The van der Waals surface area contributed by atoms with Crippen molar-refractivity contribution in [1.29, 1.82) is 0 Å². The highest BCUT2D eigenvalue weighted by Crippen LogP contribution is 2.32. The van der Waals surface area contributed by atoms with E-state index in [0.717, 1.165) is 11.3 Å². The first-order valence-corrected chi connectivity index (χ1v) is 5.40. The molecule has 0 bridgehead atoms. The molecule has 0 aromatic heterocycles. The normalized spacial score (nSPS) is 11.6. The fourth-order valence-electron chi connectivity index (χ4n) is 1.63. The molecule has 0 fully saturated rings. The Bertz CT molecular complexity index is 350. The fourth-order valence-corrected chi connectivity index (χ4v) is 1.63. The van der Waals surface area contributed by atoms with Crippen LogP contribution in [0, 0.1) is 13.8 Å². The lowest BCUT2D eigenvalue weighted by atomic mass is 9.91. The van der Waals surface area contributed by atoms with Crippen molar-refractivity contribution < 1.29 is 4.74 Å². The van der Waals surface area contributed by atoms with Crippen LogP contribution < -0.4 is 10.5 Å². The summed E-state index contributed by atoms with van der Waals surface area (Å²) in [6.07, 6.45) is 0. The van der Waals surface area contributed by atoms with E-state index < -0.39 is 0 Å². The molecule has 0 atom stereocenters. The van der Waals surface area contributed by atoms with Gasteiger partial charge >= 0.3 is 0 Å². The Morgan fingerprint density at radius 1 is 1.27 bits per heavy atom. The van der Waals surface area contributed by atoms with Crippen LogP contribution >= 0.6 is 0 Å². The lowest BCUT2D eigenvalue weighted by Crippen LogP contribution is -2.29. The van der Waals surface area contributed by atoms with Crippen LogP contribution in [0.15, 0.2) is 12.1 Å². The van der Waals surface area contributed by atoms with E-state index in [1.807, 2.05) is 20.8 Å². The molecule has 2 heteroatoms. The molecular weight excluding hydrogens is 186 g/mol. The number of benzene rings is 1. The molecule has 0 amide bonds. The molecule has 0 aliphatic rings. The second-order valence-electron chi connectivity index (χ2n) is 4.54. The molecule has 1 aromatic rings. The highest BCUT2D eigenvalue weighted by molar-refractivity contribution is 5.48. The number of rotatable bonds is 3.